The number of carbonyl (C=O) groups is 3. The maximum Gasteiger partial charge on any atom is 0.345 e. The summed E-state index contributed by atoms with van der Waals surface area (Å²) in [6.45, 7) is 2.10. The maximum absolute atomic E-state index is 12.8. The van der Waals surface area contributed by atoms with E-state index in [1.54, 1.807) is 55.5 Å². The zero-order valence-electron chi connectivity index (χ0n) is 22.3. The number of para-hydroxylation sites is 1. The topological polar surface area (TPSA) is 106 Å². The van der Waals surface area contributed by atoms with E-state index in [0.717, 1.165) is 5.56 Å². The first-order chi connectivity index (χ1) is 20.3. The molecule has 0 saturated carbocycles. The van der Waals surface area contributed by atoms with Crippen LogP contribution in [-0.4, -0.2) is 30.6 Å². The Morgan fingerprint density at radius 1 is 0.833 bits per heavy atom. The average molecular weight is 602 g/mol. The van der Waals surface area contributed by atoms with Gasteiger partial charge in [-0.2, -0.15) is 5.10 Å². The molecule has 4 aromatic carbocycles. The van der Waals surface area contributed by atoms with Gasteiger partial charge in [-0.1, -0.05) is 65.7 Å². The fraction of sp³-hybridized carbons (Fsp3) is 0.0625. The second-order valence-electron chi connectivity index (χ2n) is 8.63. The van der Waals surface area contributed by atoms with Gasteiger partial charge in [0.1, 0.15) is 0 Å². The predicted octanol–water partition coefficient (Wildman–Crippen LogP) is 7.03. The fourth-order valence-corrected chi connectivity index (χ4v) is 4.18. The van der Waals surface area contributed by atoms with Crippen molar-refractivity contribution in [1.82, 2.24) is 5.43 Å². The zero-order valence-corrected chi connectivity index (χ0v) is 23.9. The number of amides is 2. The highest BCUT2D eigenvalue weighted by atomic mass is 35.5. The largest absolute Gasteiger partial charge is 0.490 e. The summed E-state index contributed by atoms with van der Waals surface area (Å²) in [5, 5.41) is 7.31. The number of hydrogen-bond donors (Lipinski definition) is 2. The van der Waals surface area contributed by atoms with E-state index in [9.17, 15) is 14.4 Å². The minimum absolute atomic E-state index is 0.153. The van der Waals surface area contributed by atoms with Crippen molar-refractivity contribution in [3.8, 4) is 11.5 Å². The van der Waals surface area contributed by atoms with Crippen LogP contribution in [0.25, 0.3) is 6.08 Å². The lowest BCUT2D eigenvalue weighted by molar-refractivity contribution is -0.111. The van der Waals surface area contributed by atoms with Gasteiger partial charge in [0.15, 0.2) is 11.5 Å². The van der Waals surface area contributed by atoms with E-state index >= 15 is 0 Å². The molecule has 0 radical (unpaired) electrons. The van der Waals surface area contributed by atoms with E-state index in [0.29, 0.717) is 28.6 Å². The lowest BCUT2D eigenvalue weighted by Crippen LogP contribution is -2.20. The Morgan fingerprint density at radius 3 is 2.36 bits per heavy atom. The lowest BCUT2D eigenvalue weighted by Gasteiger charge is -2.12. The van der Waals surface area contributed by atoms with Gasteiger partial charge in [-0.15, -0.1) is 0 Å². The van der Waals surface area contributed by atoms with Crippen LogP contribution in [0.1, 0.15) is 38.8 Å². The minimum Gasteiger partial charge on any atom is -0.490 e. The second-order valence-corrected chi connectivity index (χ2v) is 9.47. The molecule has 0 heterocycles. The summed E-state index contributed by atoms with van der Waals surface area (Å²) in [6, 6.07) is 25.2. The number of carbonyl (C=O) groups excluding carboxylic acids is 3. The third-order valence-corrected chi connectivity index (χ3v) is 6.21. The summed E-state index contributed by atoms with van der Waals surface area (Å²) in [5.41, 5.74) is 4.61. The minimum atomic E-state index is -0.674. The monoisotopic (exact) mass is 601 g/mol. The van der Waals surface area contributed by atoms with E-state index in [2.05, 4.69) is 15.8 Å². The molecule has 0 aliphatic heterocycles. The highest BCUT2D eigenvalue weighted by Crippen LogP contribution is 2.30. The van der Waals surface area contributed by atoms with E-state index in [-0.39, 0.29) is 27.8 Å². The van der Waals surface area contributed by atoms with Crippen LogP contribution in [-0.2, 0) is 4.79 Å². The number of nitrogens with zero attached hydrogens (tertiary/aromatic N) is 1. The number of ether oxygens (including phenoxy) is 2. The van der Waals surface area contributed by atoms with Crippen LogP contribution >= 0.6 is 23.2 Å². The molecule has 4 rings (SSSR count). The van der Waals surface area contributed by atoms with Crippen LogP contribution in [0, 0.1) is 0 Å². The van der Waals surface area contributed by atoms with Crippen molar-refractivity contribution in [2.24, 2.45) is 5.10 Å². The van der Waals surface area contributed by atoms with Crippen molar-refractivity contribution in [3.05, 3.63) is 129 Å². The Morgan fingerprint density at radius 2 is 1.60 bits per heavy atom. The smallest absolute Gasteiger partial charge is 0.345 e. The average Bonchev–Trinajstić information content (AvgIpc) is 2.98. The predicted molar refractivity (Wildman–Crippen MR) is 165 cm³/mol. The summed E-state index contributed by atoms with van der Waals surface area (Å²) in [4.78, 5) is 37.9. The van der Waals surface area contributed by atoms with Gasteiger partial charge in [0, 0.05) is 11.1 Å². The first-order valence-electron chi connectivity index (χ1n) is 12.7. The van der Waals surface area contributed by atoms with Crippen LogP contribution in [0.15, 0.2) is 102 Å². The van der Waals surface area contributed by atoms with Crippen LogP contribution in [0.4, 0.5) is 5.69 Å². The zero-order chi connectivity index (χ0) is 29.9. The van der Waals surface area contributed by atoms with Gasteiger partial charge in [0.05, 0.1) is 34.7 Å². The van der Waals surface area contributed by atoms with E-state index in [1.165, 1.54) is 30.5 Å². The molecule has 0 fully saturated rings. The number of anilines is 1. The molecule has 10 heteroatoms. The molecule has 0 aliphatic rings. The molecule has 0 unspecified atom stereocenters. The summed E-state index contributed by atoms with van der Waals surface area (Å²) in [6.07, 6.45) is 4.48. The third-order valence-electron chi connectivity index (χ3n) is 5.66. The highest BCUT2D eigenvalue weighted by molar-refractivity contribution is 6.36. The second kappa shape index (κ2) is 14.6. The SMILES string of the molecule is CCOc1cc(/C=N\NC(=O)c2ccccc2NC(=O)/C=C/c2ccccc2)ccc1OC(=O)c1ccc(Cl)cc1Cl. The van der Waals surface area contributed by atoms with Gasteiger partial charge < -0.3 is 14.8 Å². The number of halogens is 2. The molecule has 0 saturated heterocycles. The molecule has 212 valence electrons. The summed E-state index contributed by atoms with van der Waals surface area (Å²) in [7, 11) is 0. The van der Waals surface area contributed by atoms with Crippen molar-refractivity contribution < 1.29 is 23.9 Å². The van der Waals surface area contributed by atoms with Gasteiger partial charge in [-0.3, -0.25) is 9.59 Å². The summed E-state index contributed by atoms with van der Waals surface area (Å²) in [5.74, 6) is -1.11. The molecule has 0 aliphatic carbocycles. The molecule has 0 spiro atoms. The number of nitrogens with one attached hydrogen (secondary N) is 2. The van der Waals surface area contributed by atoms with Crippen molar-refractivity contribution >= 4 is 59.0 Å². The summed E-state index contributed by atoms with van der Waals surface area (Å²) < 4.78 is 11.1. The lowest BCUT2D eigenvalue weighted by atomic mass is 10.1. The molecular formula is C32H25Cl2N3O5. The van der Waals surface area contributed by atoms with E-state index in [1.807, 2.05) is 30.3 Å². The Balaban J connectivity index is 1.41. The molecule has 0 atom stereocenters. The Kier molecular flexibility index (Phi) is 10.5. The van der Waals surface area contributed by atoms with E-state index in [4.69, 9.17) is 32.7 Å². The number of rotatable bonds is 10. The van der Waals surface area contributed by atoms with Gasteiger partial charge in [-0.05, 0) is 72.7 Å². The third kappa shape index (κ3) is 8.30. The Hall–Kier alpha value is -4.92. The number of esters is 1. The number of hydrogen-bond acceptors (Lipinski definition) is 6. The molecule has 2 amide bonds. The molecule has 0 bridgehead atoms. The van der Waals surface area contributed by atoms with Crippen molar-refractivity contribution in [2.75, 3.05) is 11.9 Å². The van der Waals surface area contributed by atoms with E-state index < -0.39 is 11.9 Å². The van der Waals surface area contributed by atoms with Gasteiger partial charge in [0.2, 0.25) is 5.91 Å². The van der Waals surface area contributed by atoms with Crippen molar-refractivity contribution in [2.45, 2.75) is 6.92 Å². The standard InChI is InChI=1S/C32H25Cl2N3O5/c1-2-41-29-18-22(12-16-28(29)42-32(40)24-15-14-23(33)19-26(24)34)20-35-37-31(39)25-10-6-7-11-27(25)36-30(38)17-13-21-8-4-3-5-9-21/h3-20H,2H2,1H3,(H,36,38)(H,37,39)/b17-13+,35-20-. The molecular weight excluding hydrogens is 577 g/mol. The number of hydrazone groups is 1. The Bertz CT molecular complexity index is 1660. The quantitative estimate of drug-likeness (QED) is 0.0667. The fourth-order valence-electron chi connectivity index (χ4n) is 3.69. The van der Waals surface area contributed by atoms with Crippen LogP contribution in [0.2, 0.25) is 10.0 Å². The molecule has 8 nitrogen and oxygen atoms in total. The molecule has 4 aromatic rings. The normalized spacial score (nSPS) is 10.9. The van der Waals surface area contributed by atoms with Gasteiger partial charge in [-0.25, -0.2) is 10.2 Å². The van der Waals surface area contributed by atoms with Crippen LogP contribution in [0.5, 0.6) is 11.5 Å². The molecule has 0 aromatic heterocycles. The maximum atomic E-state index is 12.8. The van der Waals surface area contributed by atoms with Gasteiger partial charge in [0.25, 0.3) is 5.91 Å². The first-order valence-corrected chi connectivity index (χ1v) is 13.5. The highest BCUT2D eigenvalue weighted by Gasteiger charge is 2.17. The van der Waals surface area contributed by atoms with Gasteiger partial charge >= 0.3 is 5.97 Å². The van der Waals surface area contributed by atoms with Crippen LogP contribution in [0.3, 0.4) is 0 Å². The van der Waals surface area contributed by atoms with Crippen molar-refractivity contribution in [3.63, 3.8) is 0 Å². The molecule has 42 heavy (non-hydrogen) atoms. The van der Waals surface area contributed by atoms with Crippen molar-refractivity contribution in [1.29, 1.82) is 0 Å². The molecule has 2 N–H and O–H groups in total. The first kappa shape index (κ1) is 30.0. The Labute approximate surface area is 252 Å². The van der Waals surface area contributed by atoms with Crippen LogP contribution < -0.4 is 20.2 Å². The number of benzene rings is 4. The summed E-state index contributed by atoms with van der Waals surface area (Å²) >= 11 is 12.0.